The molecule has 1 aromatic heterocycles. The number of aromatic nitrogens is 4. The molecule has 0 unspecified atom stereocenters. The van der Waals surface area contributed by atoms with Gasteiger partial charge in [-0.1, -0.05) is 9.25 Å². The van der Waals surface area contributed by atoms with E-state index in [0.29, 0.717) is 5.82 Å². The molecule has 0 aliphatic carbocycles. The highest BCUT2D eigenvalue weighted by Crippen LogP contribution is 2.49. The van der Waals surface area contributed by atoms with Crippen LogP contribution in [0.2, 0.25) is 0 Å². The summed E-state index contributed by atoms with van der Waals surface area (Å²) in [4.78, 5) is 1.37. The minimum Gasteiger partial charge on any atom is -0.273 e. The van der Waals surface area contributed by atoms with Crippen LogP contribution in [0.25, 0.3) is 0 Å². The van der Waals surface area contributed by atoms with Crippen LogP contribution in [0.1, 0.15) is 47.4 Å². The molecule has 8 heteroatoms. The van der Waals surface area contributed by atoms with E-state index in [4.69, 9.17) is 9.05 Å². The lowest BCUT2D eigenvalue weighted by Crippen LogP contribution is -2.47. The lowest BCUT2D eigenvalue weighted by molar-refractivity contribution is -0.644. The van der Waals surface area contributed by atoms with Gasteiger partial charge < -0.3 is 0 Å². The lowest BCUT2D eigenvalue weighted by atomic mass is 10.2. The van der Waals surface area contributed by atoms with Gasteiger partial charge in [-0.25, -0.2) is 4.57 Å². The van der Waals surface area contributed by atoms with Gasteiger partial charge in [-0.05, 0) is 41.5 Å². The maximum Gasteiger partial charge on any atom is 0.519 e. The van der Waals surface area contributed by atoms with Crippen LogP contribution >= 0.6 is 7.75 Å². The SMILES string of the molecule is Cc1nnn(C)[n+]1P(=O)(OC(C)(C)C)OC(C)(C)C. The summed E-state index contributed by atoms with van der Waals surface area (Å²) in [6.07, 6.45) is 0. The average Bonchev–Trinajstić information content (AvgIpc) is 2.38. The van der Waals surface area contributed by atoms with Crippen molar-refractivity contribution in [2.45, 2.75) is 59.7 Å². The molecule has 7 nitrogen and oxygen atoms in total. The first kappa shape index (κ1) is 16.3. The number of aryl methyl sites for hydroxylation is 2. The molecule has 0 N–H and O–H groups in total. The van der Waals surface area contributed by atoms with Gasteiger partial charge in [0.1, 0.15) is 5.10 Å². The Morgan fingerprint density at radius 3 is 1.79 bits per heavy atom. The van der Waals surface area contributed by atoms with Crippen molar-refractivity contribution in [3.05, 3.63) is 5.82 Å². The molecule has 1 rings (SSSR count). The van der Waals surface area contributed by atoms with E-state index in [1.54, 1.807) is 14.0 Å². The number of rotatable bonds is 3. The van der Waals surface area contributed by atoms with Crippen molar-refractivity contribution >= 4 is 7.75 Å². The van der Waals surface area contributed by atoms with E-state index in [0.717, 1.165) is 0 Å². The fourth-order valence-electron chi connectivity index (χ4n) is 1.54. The minimum absolute atomic E-state index is 0.472. The zero-order valence-electron chi connectivity index (χ0n) is 13.0. The Balaban J connectivity index is 3.32. The molecule has 0 saturated heterocycles. The largest absolute Gasteiger partial charge is 0.519 e. The zero-order valence-corrected chi connectivity index (χ0v) is 13.9. The maximum absolute atomic E-state index is 13.2. The molecule has 0 amide bonds. The summed E-state index contributed by atoms with van der Waals surface area (Å²) >= 11 is 0. The Kier molecular flexibility index (Phi) is 4.25. The Morgan fingerprint density at radius 1 is 1.11 bits per heavy atom. The van der Waals surface area contributed by atoms with Crippen LogP contribution in [0, 0.1) is 6.92 Å². The molecule has 0 bridgehead atoms. The number of nitrogens with zero attached hydrogens (tertiary/aromatic N) is 4. The molecule has 0 aromatic carbocycles. The third-order valence-electron chi connectivity index (χ3n) is 1.89. The summed E-state index contributed by atoms with van der Waals surface area (Å²) in [6.45, 7) is 12.7. The van der Waals surface area contributed by atoms with E-state index in [9.17, 15) is 4.57 Å². The summed E-state index contributed by atoms with van der Waals surface area (Å²) in [5, 5.41) is 7.73. The van der Waals surface area contributed by atoms with Crippen LogP contribution in [-0.4, -0.2) is 26.3 Å². The smallest absolute Gasteiger partial charge is 0.273 e. The standard InChI is InChI=1S/C11H24N4O3P/c1-9-12-13-14(8)15(9)19(16,17-10(2,3)4)18-11(5,6)7/h1-8H3/q+1. The fraction of sp³-hybridized carbons (Fsp3) is 0.909. The van der Waals surface area contributed by atoms with Gasteiger partial charge in [-0.2, -0.15) is 0 Å². The van der Waals surface area contributed by atoms with Gasteiger partial charge in [0.05, 0.1) is 18.2 Å². The number of hydrogen-bond donors (Lipinski definition) is 0. The van der Waals surface area contributed by atoms with Crippen molar-refractivity contribution in [3.8, 4) is 0 Å². The van der Waals surface area contributed by atoms with E-state index in [1.807, 2.05) is 41.5 Å². The number of hydrogen-bond acceptors (Lipinski definition) is 5. The molecule has 1 heterocycles. The monoisotopic (exact) mass is 291 g/mol. The predicted octanol–water partition coefficient (Wildman–Crippen LogP) is 2.00. The Morgan fingerprint density at radius 2 is 1.53 bits per heavy atom. The highest BCUT2D eigenvalue weighted by atomic mass is 31.2. The van der Waals surface area contributed by atoms with Gasteiger partial charge >= 0.3 is 13.6 Å². The van der Waals surface area contributed by atoms with Crippen molar-refractivity contribution < 1.29 is 18.1 Å². The molecule has 0 fully saturated rings. The Hall–Kier alpha value is -0.780. The summed E-state index contributed by atoms with van der Waals surface area (Å²) in [6, 6.07) is 0. The molecule has 1 aromatic rings. The zero-order chi connectivity index (χ0) is 15.1. The van der Waals surface area contributed by atoms with E-state index in [2.05, 4.69) is 10.3 Å². The highest BCUT2D eigenvalue weighted by Gasteiger charge is 2.45. The molecular formula is C11H24N4O3P+. The third kappa shape index (κ3) is 4.37. The first-order chi connectivity index (χ1) is 8.34. The molecular weight excluding hydrogens is 267 g/mol. The Labute approximate surface area is 114 Å². The van der Waals surface area contributed by atoms with Gasteiger partial charge in [-0.15, -0.1) is 0 Å². The summed E-state index contributed by atoms with van der Waals surface area (Å²) in [5.74, 6) is 0.472. The van der Waals surface area contributed by atoms with Crippen LogP contribution in [0.4, 0.5) is 0 Å². The fourth-order valence-corrected chi connectivity index (χ4v) is 3.86. The van der Waals surface area contributed by atoms with Gasteiger partial charge in [0.25, 0.3) is 0 Å². The summed E-state index contributed by atoms with van der Waals surface area (Å²) in [5.41, 5.74) is -1.24. The van der Waals surface area contributed by atoms with E-state index < -0.39 is 18.9 Å². The van der Waals surface area contributed by atoms with Crippen LogP contribution in [-0.2, 0) is 20.7 Å². The molecule has 0 atom stereocenters. The molecule has 0 radical (unpaired) electrons. The quantitative estimate of drug-likeness (QED) is 0.797. The van der Waals surface area contributed by atoms with Crippen molar-refractivity contribution in [1.29, 1.82) is 0 Å². The van der Waals surface area contributed by atoms with E-state index in [1.165, 1.54) is 9.25 Å². The van der Waals surface area contributed by atoms with E-state index >= 15 is 0 Å². The van der Waals surface area contributed by atoms with Gasteiger partial charge in [0.2, 0.25) is 0 Å². The number of tetrazole rings is 1. The van der Waals surface area contributed by atoms with Crippen molar-refractivity contribution in [1.82, 2.24) is 15.1 Å². The second-order valence-electron chi connectivity index (χ2n) is 6.39. The molecule has 0 aliphatic heterocycles. The molecule has 0 saturated carbocycles. The van der Waals surface area contributed by atoms with E-state index in [-0.39, 0.29) is 0 Å². The normalized spacial score (nSPS) is 13.9. The average molecular weight is 291 g/mol. The molecule has 0 aliphatic rings. The van der Waals surface area contributed by atoms with Crippen molar-refractivity contribution in [3.63, 3.8) is 0 Å². The minimum atomic E-state index is -3.59. The maximum atomic E-state index is 13.2. The first-order valence-electron chi connectivity index (χ1n) is 6.15. The van der Waals surface area contributed by atoms with Crippen molar-refractivity contribution in [2.75, 3.05) is 0 Å². The second-order valence-corrected chi connectivity index (χ2v) is 8.07. The first-order valence-corrected chi connectivity index (χ1v) is 7.65. The van der Waals surface area contributed by atoms with Crippen LogP contribution < -0.4 is 4.45 Å². The summed E-state index contributed by atoms with van der Waals surface area (Å²) < 4.78 is 25.9. The topological polar surface area (TPSA) is 70.1 Å². The van der Waals surface area contributed by atoms with Gasteiger partial charge in [0, 0.05) is 6.92 Å². The summed E-state index contributed by atoms with van der Waals surface area (Å²) in [7, 11) is -1.94. The predicted molar refractivity (Wildman–Crippen MR) is 70.6 cm³/mol. The third-order valence-corrected chi connectivity index (χ3v) is 4.46. The van der Waals surface area contributed by atoms with Crippen molar-refractivity contribution in [2.24, 2.45) is 7.05 Å². The molecule has 19 heavy (non-hydrogen) atoms. The molecule has 0 spiro atoms. The Bertz CT molecular complexity index is 460. The van der Waals surface area contributed by atoms with Gasteiger partial charge in [-0.3, -0.25) is 9.05 Å². The van der Waals surface area contributed by atoms with Crippen LogP contribution in [0.5, 0.6) is 0 Å². The molecule has 110 valence electrons. The lowest BCUT2D eigenvalue weighted by Gasteiger charge is -2.29. The van der Waals surface area contributed by atoms with Crippen LogP contribution in [0.15, 0.2) is 0 Å². The van der Waals surface area contributed by atoms with Crippen LogP contribution in [0.3, 0.4) is 0 Å². The van der Waals surface area contributed by atoms with Gasteiger partial charge in [0.15, 0.2) is 5.21 Å². The highest BCUT2D eigenvalue weighted by molar-refractivity contribution is 7.46. The second kappa shape index (κ2) is 4.96.